The molecule has 1 saturated carbocycles. The number of anilines is 1. The van der Waals surface area contributed by atoms with Crippen molar-refractivity contribution in [2.45, 2.75) is 57.7 Å². The number of piperidine rings is 1. The molecule has 1 amide bonds. The van der Waals surface area contributed by atoms with Gasteiger partial charge in [0.2, 0.25) is 5.95 Å². The van der Waals surface area contributed by atoms with E-state index in [4.69, 9.17) is 0 Å². The second kappa shape index (κ2) is 7.17. The maximum absolute atomic E-state index is 12.6. The quantitative estimate of drug-likeness (QED) is 0.860. The Morgan fingerprint density at radius 2 is 2.07 bits per heavy atom. The molecule has 4 rings (SSSR count). The van der Waals surface area contributed by atoms with Gasteiger partial charge in [-0.3, -0.25) is 14.3 Å². The lowest BCUT2D eigenvalue weighted by Gasteiger charge is -2.33. The first kappa shape index (κ1) is 17.8. The molecule has 27 heavy (non-hydrogen) atoms. The fraction of sp³-hybridized carbons (Fsp3) is 0.579. The molecule has 0 bridgehead atoms. The molecule has 3 heterocycles. The summed E-state index contributed by atoms with van der Waals surface area (Å²) in [6.07, 6.45) is 6.15. The molecule has 2 aromatic rings. The minimum Gasteiger partial charge on any atom is -0.465 e. The lowest BCUT2D eigenvalue weighted by atomic mass is 10.1. The van der Waals surface area contributed by atoms with Crippen molar-refractivity contribution in [1.29, 1.82) is 0 Å². The third-order valence-electron chi connectivity index (χ3n) is 5.86. The fourth-order valence-corrected chi connectivity index (χ4v) is 4.40. The summed E-state index contributed by atoms with van der Waals surface area (Å²) in [7, 11) is 0. The Morgan fingerprint density at radius 1 is 1.22 bits per heavy atom. The van der Waals surface area contributed by atoms with E-state index < -0.39 is 6.09 Å². The Hall–Kier alpha value is -2.64. The van der Waals surface area contributed by atoms with Crippen LogP contribution in [0.3, 0.4) is 0 Å². The molecule has 2 aromatic heterocycles. The number of nitrogens with zero attached hydrogens (tertiary/aromatic N) is 4. The Bertz CT molecular complexity index is 912. The van der Waals surface area contributed by atoms with Crippen LogP contribution in [-0.4, -0.2) is 43.3 Å². The van der Waals surface area contributed by atoms with Gasteiger partial charge in [0.05, 0.1) is 0 Å². The van der Waals surface area contributed by atoms with Gasteiger partial charge in [-0.1, -0.05) is 13.3 Å². The fourth-order valence-electron chi connectivity index (χ4n) is 4.40. The Morgan fingerprint density at radius 3 is 2.81 bits per heavy atom. The molecular formula is C19H25N5O3. The molecule has 8 heteroatoms. The lowest BCUT2D eigenvalue weighted by molar-refractivity contribution is 0.114. The van der Waals surface area contributed by atoms with E-state index in [0.29, 0.717) is 24.1 Å². The maximum Gasteiger partial charge on any atom is 0.408 e. The van der Waals surface area contributed by atoms with Crippen LogP contribution >= 0.6 is 0 Å². The van der Waals surface area contributed by atoms with Gasteiger partial charge in [0.15, 0.2) is 0 Å². The normalized spacial score (nSPS) is 25.7. The molecule has 0 aromatic carbocycles. The van der Waals surface area contributed by atoms with E-state index in [-0.39, 0.29) is 17.8 Å². The number of aromatic nitrogens is 3. The SMILES string of the molecule is CC1CCCC1n1c(=O)ccc2cnc(NC3CCCCN3C(=O)O)nc21. The molecule has 1 saturated heterocycles. The Balaban J connectivity index is 1.71. The summed E-state index contributed by atoms with van der Waals surface area (Å²) >= 11 is 0. The highest BCUT2D eigenvalue weighted by atomic mass is 16.4. The third kappa shape index (κ3) is 3.36. The number of amides is 1. The molecular weight excluding hydrogens is 346 g/mol. The number of fused-ring (bicyclic) bond motifs is 1. The number of nitrogens with one attached hydrogen (secondary N) is 1. The smallest absolute Gasteiger partial charge is 0.408 e. The number of hydrogen-bond donors (Lipinski definition) is 2. The van der Waals surface area contributed by atoms with Crippen LogP contribution in [0.15, 0.2) is 23.1 Å². The zero-order valence-corrected chi connectivity index (χ0v) is 15.5. The van der Waals surface area contributed by atoms with E-state index in [1.165, 1.54) is 4.90 Å². The predicted octanol–water partition coefficient (Wildman–Crippen LogP) is 3.05. The minimum atomic E-state index is -0.940. The summed E-state index contributed by atoms with van der Waals surface area (Å²) < 4.78 is 1.80. The van der Waals surface area contributed by atoms with Crippen LogP contribution < -0.4 is 10.9 Å². The van der Waals surface area contributed by atoms with Crippen molar-refractivity contribution in [3.8, 4) is 0 Å². The highest BCUT2D eigenvalue weighted by Crippen LogP contribution is 2.35. The van der Waals surface area contributed by atoms with Crippen molar-refractivity contribution in [3.05, 3.63) is 28.7 Å². The van der Waals surface area contributed by atoms with Crippen molar-refractivity contribution in [3.63, 3.8) is 0 Å². The Labute approximate surface area is 157 Å². The largest absolute Gasteiger partial charge is 0.465 e. The summed E-state index contributed by atoms with van der Waals surface area (Å²) in [4.78, 5) is 34.5. The van der Waals surface area contributed by atoms with Gasteiger partial charge in [-0.15, -0.1) is 0 Å². The number of pyridine rings is 1. The van der Waals surface area contributed by atoms with Gasteiger partial charge < -0.3 is 10.4 Å². The number of hydrogen-bond acceptors (Lipinski definition) is 5. The second-order valence-electron chi connectivity index (χ2n) is 7.62. The monoisotopic (exact) mass is 371 g/mol. The summed E-state index contributed by atoms with van der Waals surface area (Å²) in [6, 6.07) is 3.48. The summed E-state index contributed by atoms with van der Waals surface area (Å²) in [6.45, 7) is 2.68. The molecule has 144 valence electrons. The van der Waals surface area contributed by atoms with Gasteiger partial charge >= 0.3 is 6.09 Å². The summed E-state index contributed by atoms with van der Waals surface area (Å²) in [5.74, 6) is 0.797. The van der Waals surface area contributed by atoms with Crippen LogP contribution in [0.1, 0.15) is 51.5 Å². The average Bonchev–Trinajstić information content (AvgIpc) is 3.07. The number of likely N-dealkylation sites (tertiary alicyclic amines) is 1. The number of rotatable bonds is 3. The van der Waals surface area contributed by atoms with Gasteiger partial charge in [0.1, 0.15) is 11.8 Å². The van der Waals surface area contributed by atoms with Crippen molar-refractivity contribution >= 4 is 23.1 Å². The van der Waals surface area contributed by atoms with E-state index in [2.05, 4.69) is 22.2 Å². The first-order valence-electron chi connectivity index (χ1n) is 9.69. The first-order valence-corrected chi connectivity index (χ1v) is 9.69. The molecule has 0 radical (unpaired) electrons. The highest BCUT2D eigenvalue weighted by molar-refractivity contribution is 5.75. The van der Waals surface area contributed by atoms with E-state index in [0.717, 1.165) is 43.9 Å². The molecule has 2 aliphatic rings. The Kier molecular flexibility index (Phi) is 4.72. The highest BCUT2D eigenvalue weighted by Gasteiger charge is 2.29. The van der Waals surface area contributed by atoms with E-state index in [1.807, 2.05) is 0 Å². The van der Waals surface area contributed by atoms with Crippen LogP contribution in [0, 0.1) is 5.92 Å². The van der Waals surface area contributed by atoms with Crippen molar-refractivity contribution in [1.82, 2.24) is 19.4 Å². The van der Waals surface area contributed by atoms with Gasteiger partial charge in [0, 0.05) is 30.2 Å². The van der Waals surface area contributed by atoms with Gasteiger partial charge in [0.25, 0.3) is 5.56 Å². The maximum atomic E-state index is 12.6. The van der Waals surface area contributed by atoms with E-state index >= 15 is 0 Å². The van der Waals surface area contributed by atoms with Crippen molar-refractivity contribution in [2.75, 3.05) is 11.9 Å². The molecule has 8 nitrogen and oxygen atoms in total. The van der Waals surface area contributed by atoms with Crippen molar-refractivity contribution < 1.29 is 9.90 Å². The van der Waals surface area contributed by atoms with Crippen molar-refractivity contribution in [2.24, 2.45) is 5.92 Å². The molecule has 2 N–H and O–H groups in total. The van der Waals surface area contributed by atoms with Gasteiger partial charge in [-0.25, -0.2) is 9.78 Å². The van der Waals surface area contributed by atoms with Gasteiger partial charge in [-0.05, 0) is 44.1 Å². The minimum absolute atomic E-state index is 0.0456. The summed E-state index contributed by atoms with van der Waals surface area (Å²) in [5.41, 5.74) is 0.576. The van der Waals surface area contributed by atoms with Crippen LogP contribution in [0.25, 0.3) is 11.0 Å². The summed E-state index contributed by atoms with van der Waals surface area (Å²) in [5, 5.41) is 13.4. The molecule has 1 aliphatic heterocycles. The van der Waals surface area contributed by atoms with E-state index in [9.17, 15) is 14.7 Å². The molecule has 3 atom stereocenters. The van der Waals surface area contributed by atoms with Crippen LogP contribution in [0.2, 0.25) is 0 Å². The zero-order chi connectivity index (χ0) is 19.0. The molecule has 0 spiro atoms. The van der Waals surface area contributed by atoms with Crippen LogP contribution in [0.4, 0.5) is 10.7 Å². The molecule has 3 unspecified atom stereocenters. The number of carboxylic acid groups (broad SMARTS) is 1. The first-order chi connectivity index (χ1) is 13.0. The number of carbonyl (C=O) groups is 1. The standard InChI is InChI=1S/C19H25N5O3/c1-12-5-4-6-14(12)24-16(25)9-8-13-11-20-18(22-17(13)24)21-15-7-2-3-10-23(15)19(26)27/h8-9,11-12,14-15H,2-7,10H2,1H3,(H,26,27)(H,20,21,22). The lowest BCUT2D eigenvalue weighted by Crippen LogP contribution is -2.47. The second-order valence-corrected chi connectivity index (χ2v) is 7.62. The topological polar surface area (TPSA) is 100 Å². The average molecular weight is 371 g/mol. The molecule has 1 aliphatic carbocycles. The van der Waals surface area contributed by atoms with Crippen LogP contribution in [0.5, 0.6) is 0 Å². The van der Waals surface area contributed by atoms with Crippen LogP contribution in [-0.2, 0) is 0 Å². The van der Waals surface area contributed by atoms with Gasteiger partial charge in [-0.2, -0.15) is 4.98 Å². The third-order valence-corrected chi connectivity index (χ3v) is 5.86. The van der Waals surface area contributed by atoms with E-state index in [1.54, 1.807) is 22.9 Å². The molecule has 2 fully saturated rings. The zero-order valence-electron chi connectivity index (χ0n) is 15.5. The predicted molar refractivity (Wildman–Crippen MR) is 102 cm³/mol.